The number of primary amides is 1. The van der Waals surface area contributed by atoms with Gasteiger partial charge in [-0.05, 0) is 67.0 Å². The number of carboxylic acids is 2. The summed E-state index contributed by atoms with van der Waals surface area (Å²) in [6.07, 6.45) is -4.31. The molecule has 26 nitrogen and oxygen atoms in total. The number of carbonyl (C=O) groups excluding carboxylic acids is 9. The molecule has 8 atom stereocenters. The van der Waals surface area contributed by atoms with Gasteiger partial charge in [0.2, 0.25) is 53.2 Å². The molecule has 1 aliphatic rings. The van der Waals surface area contributed by atoms with Gasteiger partial charge in [0.1, 0.15) is 59.8 Å². The molecule has 1 heterocycles. The molecule has 1 fully saturated rings. The van der Waals surface area contributed by atoms with Crippen molar-refractivity contribution in [3.63, 3.8) is 0 Å². The Kier molecular flexibility index (Phi) is 22.6. The van der Waals surface area contributed by atoms with Gasteiger partial charge in [0.15, 0.2) is 0 Å². The molecule has 26 heteroatoms. The van der Waals surface area contributed by atoms with Gasteiger partial charge in [0, 0.05) is 45.2 Å². The van der Waals surface area contributed by atoms with Crippen LogP contribution in [0.15, 0.2) is 48.5 Å². The molecule has 18 N–H and O–H groups in total. The van der Waals surface area contributed by atoms with Crippen molar-refractivity contribution in [3.8, 4) is 11.5 Å². The van der Waals surface area contributed by atoms with Crippen LogP contribution < -0.4 is 59.7 Å². The number of amides is 9. The first-order valence-electron chi connectivity index (χ1n) is 22.6. The van der Waals surface area contributed by atoms with Crippen molar-refractivity contribution in [2.45, 2.75) is 120 Å². The molecule has 0 aromatic heterocycles. The van der Waals surface area contributed by atoms with Crippen molar-refractivity contribution < 1.29 is 73.2 Å². The van der Waals surface area contributed by atoms with Crippen molar-refractivity contribution in [3.05, 3.63) is 59.7 Å². The zero-order chi connectivity index (χ0) is 52.9. The molecule has 0 radical (unpaired) electrons. The number of carboxylic acid groups (broad SMARTS) is 2. The highest BCUT2D eigenvalue weighted by Gasteiger charge is 2.36. The number of hydrogen-bond donors (Lipinski definition) is 15. The van der Waals surface area contributed by atoms with Crippen LogP contribution >= 0.6 is 0 Å². The largest absolute Gasteiger partial charge is 0.508 e. The van der Waals surface area contributed by atoms with Crippen molar-refractivity contribution in [2.24, 2.45) is 23.1 Å². The Bertz CT molecular complexity index is 2180. The zero-order valence-electron chi connectivity index (χ0n) is 39.1. The monoisotopic (exact) mass is 997 g/mol. The molecule has 71 heavy (non-hydrogen) atoms. The van der Waals surface area contributed by atoms with Crippen LogP contribution in [-0.4, -0.2) is 147 Å². The molecule has 0 unspecified atom stereocenters. The Labute approximate surface area is 407 Å². The molecule has 3 rings (SSSR count). The Morgan fingerprint density at radius 2 is 0.718 bits per heavy atom. The van der Waals surface area contributed by atoms with Crippen LogP contribution in [0.25, 0.3) is 0 Å². The van der Waals surface area contributed by atoms with E-state index in [0.29, 0.717) is 11.1 Å². The molecule has 0 saturated carbocycles. The van der Waals surface area contributed by atoms with Crippen LogP contribution in [-0.2, 0) is 65.6 Å². The van der Waals surface area contributed by atoms with Gasteiger partial charge in [0.05, 0.1) is 0 Å². The van der Waals surface area contributed by atoms with E-state index in [9.17, 15) is 73.2 Å². The predicted molar refractivity (Wildman–Crippen MR) is 249 cm³/mol. The highest BCUT2D eigenvalue weighted by atomic mass is 16.4. The van der Waals surface area contributed by atoms with Crippen molar-refractivity contribution in [1.82, 2.24) is 42.5 Å². The molecule has 0 spiro atoms. The number of nitrogens with two attached hydrogens (primary N) is 3. The molecular weight excluding hydrogens is 935 g/mol. The molecule has 1 aliphatic heterocycles. The fourth-order valence-corrected chi connectivity index (χ4v) is 7.13. The van der Waals surface area contributed by atoms with Crippen LogP contribution in [0.1, 0.15) is 69.9 Å². The van der Waals surface area contributed by atoms with Gasteiger partial charge in [-0.3, -0.25) is 52.7 Å². The standard InChI is InChI=1S/C45H63N11O15/c1-22(2)17-30-41(67)53-32(19-24-5-9-26(58)10-6-24)43(69)56-33(20-46)44(70)51-28(12-15-36(60)61)39(65)49-27(11-14-35(48)59)38(64)50-29(13-16-37(62)63)40(66)55-34(21-47)45(71)54-31(42(68)52-30)18-23-3-7-25(57)8-4-23/h3-10,22,27-34,57-58H,11-21,46-47H2,1-2H3,(H2,48,59)(H,49,65)(H,50,64)(H,51,70)(H,52,68)(H,53,67)(H,54,71)(H,55,66)(H,56,69)(H,60,61)(H,62,63)/t27-,28+,29+,30-,31+,32+,33-,34-/m0/s1. The summed E-state index contributed by atoms with van der Waals surface area (Å²) in [4.78, 5) is 147. The third-order valence-electron chi connectivity index (χ3n) is 11.0. The van der Waals surface area contributed by atoms with Gasteiger partial charge in [-0.15, -0.1) is 0 Å². The van der Waals surface area contributed by atoms with Crippen LogP contribution in [0.5, 0.6) is 11.5 Å². The molecular formula is C45H63N11O15. The zero-order valence-corrected chi connectivity index (χ0v) is 39.1. The summed E-state index contributed by atoms with van der Waals surface area (Å²) >= 11 is 0. The normalized spacial score (nSPS) is 23.6. The maximum Gasteiger partial charge on any atom is 0.303 e. The second-order valence-corrected chi connectivity index (χ2v) is 17.2. The lowest BCUT2D eigenvalue weighted by atomic mass is 9.99. The van der Waals surface area contributed by atoms with Crippen molar-refractivity contribution in [1.29, 1.82) is 0 Å². The van der Waals surface area contributed by atoms with Crippen LogP contribution in [0.3, 0.4) is 0 Å². The van der Waals surface area contributed by atoms with Gasteiger partial charge >= 0.3 is 11.9 Å². The first-order chi connectivity index (χ1) is 33.5. The average Bonchev–Trinajstić information content (AvgIpc) is 3.30. The number of phenolic OH excluding ortho intramolecular Hbond substituents is 2. The Morgan fingerprint density at radius 3 is 1.03 bits per heavy atom. The summed E-state index contributed by atoms with van der Waals surface area (Å²) in [6, 6.07) is -1.99. The Balaban J connectivity index is 2.22. The number of nitrogens with one attached hydrogen (secondary N) is 8. The van der Waals surface area contributed by atoms with E-state index < -0.39 is 165 Å². The second kappa shape index (κ2) is 28.0. The van der Waals surface area contributed by atoms with Crippen molar-refractivity contribution >= 4 is 65.1 Å². The third kappa shape index (κ3) is 19.6. The molecule has 2 aromatic carbocycles. The number of aromatic hydroxyl groups is 2. The molecule has 388 valence electrons. The summed E-state index contributed by atoms with van der Waals surface area (Å²) in [5.41, 5.74) is 18.0. The van der Waals surface area contributed by atoms with Crippen LogP contribution in [0, 0.1) is 5.92 Å². The molecule has 0 aliphatic carbocycles. The fraction of sp³-hybridized carbons (Fsp3) is 0.489. The average molecular weight is 998 g/mol. The summed E-state index contributed by atoms with van der Waals surface area (Å²) in [6.45, 7) is 2.22. The van der Waals surface area contributed by atoms with E-state index in [1.54, 1.807) is 13.8 Å². The predicted octanol–water partition coefficient (Wildman–Crippen LogP) is -4.27. The number of aliphatic carboxylic acids is 2. The minimum Gasteiger partial charge on any atom is -0.508 e. The van der Waals surface area contributed by atoms with Gasteiger partial charge in [-0.25, -0.2) is 0 Å². The van der Waals surface area contributed by atoms with E-state index in [-0.39, 0.29) is 36.7 Å². The lowest BCUT2D eigenvalue weighted by Crippen LogP contribution is -2.63. The second-order valence-electron chi connectivity index (χ2n) is 17.2. The first-order valence-corrected chi connectivity index (χ1v) is 22.6. The smallest absolute Gasteiger partial charge is 0.303 e. The van der Waals surface area contributed by atoms with Crippen LogP contribution in [0.4, 0.5) is 0 Å². The highest BCUT2D eigenvalue weighted by Crippen LogP contribution is 2.15. The van der Waals surface area contributed by atoms with E-state index in [0.717, 1.165) is 0 Å². The van der Waals surface area contributed by atoms with E-state index in [1.165, 1.54) is 48.5 Å². The molecule has 9 amide bonds. The Morgan fingerprint density at radius 1 is 0.451 bits per heavy atom. The van der Waals surface area contributed by atoms with Crippen molar-refractivity contribution in [2.75, 3.05) is 13.1 Å². The quantitative estimate of drug-likeness (QED) is 0.0713. The van der Waals surface area contributed by atoms with Gasteiger partial charge in [-0.1, -0.05) is 38.1 Å². The summed E-state index contributed by atoms with van der Waals surface area (Å²) < 4.78 is 0. The summed E-state index contributed by atoms with van der Waals surface area (Å²) in [5, 5.41) is 58.2. The minimum absolute atomic E-state index is 0.0348. The van der Waals surface area contributed by atoms with E-state index in [1.807, 2.05) is 0 Å². The maximum absolute atomic E-state index is 14.3. The van der Waals surface area contributed by atoms with Crippen LogP contribution in [0.2, 0.25) is 0 Å². The summed E-state index contributed by atoms with van der Waals surface area (Å²) in [5.74, 6) is -12.8. The SMILES string of the molecule is CC(C)C[C@@H]1NC(=O)[C@@H](Cc2ccc(O)cc2)NC(=O)[C@H](CN)NC(=O)[C@@H](CCC(=O)O)NC(=O)[C@H](CCC(N)=O)NC(=O)[C@@H](CCC(=O)O)NC(=O)[C@H](CN)NC(=O)[C@@H](Cc2ccc(O)cc2)NC1=O. The van der Waals surface area contributed by atoms with Gasteiger partial charge in [0.25, 0.3) is 0 Å². The van der Waals surface area contributed by atoms with Gasteiger partial charge < -0.3 is 80.2 Å². The number of benzene rings is 2. The molecule has 2 aromatic rings. The lowest BCUT2D eigenvalue weighted by Gasteiger charge is -2.29. The lowest BCUT2D eigenvalue weighted by molar-refractivity contribution is -0.139. The third-order valence-corrected chi connectivity index (χ3v) is 11.0. The van der Waals surface area contributed by atoms with E-state index >= 15 is 0 Å². The first kappa shape index (κ1) is 57.4. The number of rotatable bonds is 17. The minimum atomic E-state index is -1.76. The van der Waals surface area contributed by atoms with E-state index in [2.05, 4.69) is 42.5 Å². The topological polar surface area (TPSA) is 443 Å². The maximum atomic E-state index is 14.3. The highest BCUT2D eigenvalue weighted by molar-refractivity contribution is 5.99. The Hall–Kier alpha value is -7.87. The fourth-order valence-electron chi connectivity index (χ4n) is 7.13. The number of carbonyl (C=O) groups is 11. The van der Waals surface area contributed by atoms with E-state index in [4.69, 9.17) is 17.2 Å². The van der Waals surface area contributed by atoms with Gasteiger partial charge in [-0.2, -0.15) is 0 Å². The molecule has 0 bridgehead atoms. The molecule has 1 saturated heterocycles. The summed E-state index contributed by atoms with van der Waals surface area (Å²) in [7, 11) is 0. The number of phenols is 2. The number of hydrogen-bond acceptors (Lipinski definition) is 15.